The molecule has 0 bridgehead atoms. The molecule has 0 saturated carbocycles. The first kappa shape index (κ1) is 9.48. The number of carbonyl (C=O) groups is 1. The summed E-state index contributed by atoms with van der Waals surface area (Å²) in [6.45, 7) is 4.05. The fraction of sp³-hybridized carbons (Fsp3) is 0.875. The van der Waals surface area contributed by atoms with E-state index in [9.17, 15) is 4.79 Å². The number of carboxylic acids is 1. The predicted octanol–water partition coefficient (Wildman–Crippen LogP) is 0.0856. The zero-order valence-corrected chi connectivity index (χ0v) is 7.25. The van der Waals surface area contributed by atoms with Crippen molar-refractivity contribution in [3.63, 3.8) is 0 Å². The Bertz CT molecular complexity index is 154. The van der Waals surface area contributed by atoms with Gasteiger partial charge in [-0.1, -0.05) is 6.92 Å². The van der Waals surface area contributed by atoms with E-state index in [0.29, 0.717) is 13.0 Å². The first-order valence-electron chi connectivity index (χ1n) is 4.25. The van der Waals surface area contributed by atoms with E-state index < -0.39 is 5.97 Å². The van der Waals surface area contributed by atoms with Gasteiger partial charge in [-0.05, 0) is 6.42 Å². The van der Waals surface area contributed by atoms with Crippen molar-refractivity contribution in [1.82, 2.24) is 5.32 Å². The molecule has 1 heterocycles. The molecule has 0 radical (unpaired) electrons. The molecule has 1 unspecified atom stereocenters. The van der Waals surface area contributed by atoms with Gasteiger partial charge >= 0.3 is 5.97 Å². The summed E-state index contributed by atoms with van der Waals surface area (Å²) in [6, 6.07) is 0. The van der Waals surface area contributed by atoms with Crippen molar-refractivity contribution < 1.29 is 14.6 Å². The molecule has 1 aliphatic heterocycles. The zero-order valence-electron chi connectivity index (χ0n) is 7.25. The molecule has 0 amide bonds. The number of morpholine rings is 1. The molecule has 0 aliphatic carbocycles. The highest BCUT2D eigenvalue weighted by molar-refractivity contribution is 5.69. The number of rotatable bonds is 3. The average Bonchev–Trinajstić information content (AvgIpc) is 2.06. The quantitative estimate of drug-likeness (QED) is 0.635. The lowest BCUT2D eigenvalue weighted by molar-refractivity contribution is -0.142. The minimum atomic E-state index is -0.746. The molecular weight excluding hydrogens is 158 g/mol. The van der Waals surface area contributed by atoms with Crippen molar-refractivity contribution in [1.29, 1.82) is 0 Å². The van der Waals surface area contributed by atoms with Gasteiger partial charge in [0.15, 0.2) is 0 Å². The van der Waals surface area contributed by atoms with Crippen LogP contribution in [0.4, 0.5) is 0 Å². The molecule has 1 fully saturated rings. The van der Waals surface area contributed by atoms with Gasteiger partial charge in [0.1, 0.15) is 0 Å². The van der Waals surface area contributed by atoms with Crippen LogP contribution in [0.1, 0.15) is 13.3 Å². The normalized spacial score (nSPS) is 26.6. The smallest absolute Gasteiger partial charge is 0.306 e. The lowest BCUT2D eigenvalue weighted by Gasteiger charge is -2.24. The molecule has 4 heteroatoms. The Morgan fingerprint density at radius 1 is 1.83 bits per heavy atom. The van der Waals surface area contributed by atoms with Crippen LogP contribution in [0.15, 0.2) is 0 Å². The SMILES string of the molecule is CC(C[C@@H]1CNCCO1)C(=O)O. The summed E-state index contributed by atoms with van der Waals surface area (Å²) in [5.74, 6) is -1.06. The van der Waals surface area contributed by atoms with Crippen LogP contribution in [0, 0.1) is 5.92 Å². The second kappa shape index (κ2) is 4.42. The van der Waals surface area contributed by atoms with Gasteiger partial charge in [0.2, 0.25) is 0 Å². The van der Waals surface area contributed by atoms with Crippen LogP contribution < -0.4 is 5.32 Å². The van der Waals surface area contributed by atoms with Gasteiger partial charge in [-0.25, -0.2) is 0 Å². The van der Waals surface area contributed by atoms with E-state index in [1.807, 2.05) is 0 Å². The molecule has 2 N–H and O–H groups in total. The van der Waals surface area contributed by atoms with Gasteiger partial charge in [-0.2, -0.15) is 0 Å². The molecule has 0 aromatic carbocycles. The van der Waals surface area contributed by atoms with Gasteiger partial charge in [0.05, 0.1) is 18.6 Å². The van der Waals surface area contributed by atoms with Crippen LogP contribution in [-0.4, -0.2) is 36.9 Å². The summed E-state index contributed by atoms with van der Waals surface area (Å²) in [6.07, 6.45) is 0.673. The Morgan fingerprint density at radius 3 is 3.08 bits per heavy atom. The topological polar surface area (TPSA) is 58.6 Å². The monoisotopic (exact) mass is 173 g/mol. The Morgan fingerprint density at radius 2 is 2.58 bits per heavy atom. The lowest BCUT2D eigenvalue weighted by atomic mass is 10.0. The maximum absolute atomic E-state index is 10.5. The van der Waals surface area contributed by atoms with Crippen molar-refractivity contribution in [2.75, 3.05) is 19.7 Å². The Kier molecular flexibility index (Phi) is 3.49. The maximum atomic E-state index is 10.5. The van der Waals surface area contributed by atoms with Crippen LogP contribution in [0.5, 0.6) is 0 Å². The number of ether oxygens (including phenoxy) is 1. The summed E-state index contributed by atoms with van der Waals surface area (Å²) in [7, 11) is 0. The zero-order chi connectivity index (χ0) is 8.97. The summed E-state index contributed by atoms with van der Waals surface area (Å²) >= 11 is 0. The standard InChI is InChI=1S/C8H15NO3/c1-6(8(10)11)4-7-5-9-2-3-12-7/h6-7,9H,2-5H2,1H3,(H,10,11)/t6?,7-/m1/s1. The third kappa shape index (κ3) is 2.79. The van der Waals surface area contributed by atoms with E-state index in [-0.39, 0.29) is 12.0 Å². The number of hydrogen-bond donors (Lipinski definition) is 2. The molecule has 0 aromatic rings. The Balaban J connectivity index is 2.24. The molecule has 1 aliphatic rings. The van der Waals surface area contributed by atoms with Crippen molar-refractivity contribution >= 4 is 5.97 Å². The lowest BCUT2D eigenvalue weighted by Crippen LogP contribution is -2.39. The molecule has 1 rings (SSSR count). The first-order chi connectivity index (χ1) is 5.70. The molecule has 1 saturated heterocycles. The molecule has 0 aromatic heterocycles. The highest BCUT2D eigenvalue weighted by Crippen LogP contribution is 2.10. The Hall–Kier alpha value is -0.610. The van der Waals surface area contributed by atoms with E-state index in [1.54, 1.807) is 6.92 Å². The van der Waals surface area contributed by atoms with Crippen molar-refractivity contribution in [2.45, 2.75) is 19.4 Å². The van der Waals surface area contributed by atoms with E-state index in [1.165, 1.54) is 0 Å². The number of aliphatic carboxylic acids is 1. The van der Waals surface area contributed by atoms with E-state index >= 15 is 0 Å². The highest BCUT2D eigenvalue weighted by atomic mass is 16.5. The minimum absolute atomic E-state index is 0.0739. The fourth-order valence-corrected chi connectivity index (χ4v) is 1.27. The van der Waals surface area contributed by atoms with Gasteiger partial charge in [-0.3, -0.25) is 4.79 Å². The van der Waals surface area contributed by atoms with Gasteiger partial charge in [0, 0.05) is 13.1 Å². The van der Waals surface area contributed by atoms with Crippen LogP contribution in [0.2, 0.25) is 0 Å². The van der Waals surface area contributed by atoms with E-state index in [2.05, 4.69) is 5.32 Å². The van der Waals surface area contributed by atoms with E-state index in [0.717, 1.165) is 13.1 Å². The molecule has 4 nitrogen and oxygen atoms in total. The Labute approximate surface area is 71.9 Å². The highest BCUT2D eigenvalue weighted by Gasteiger charge is 2.20. The first-order valence-corrected chi connectivity index (χ1v) is 4.25. The largest absolute Gasteiger partial charge is 0.481 e. The van der Waals surface area contributed by atoms with Crippen LogP contribution in [0.25, 0.3) is 0 Å². The minimum Gasteiger partial charge on any atom is -0.481 e. The second-order valence-electron chi connectivity index (χ2n) is 3.17. The van der Waals surface area contributed by atoms with Crippen LogP contribution in [0.3, 0.4) is 0 Å². The van der Waals surface area contributed by atoms with Gasteiger partial charge in [0.25, 0.3) is 0 Å². The van der Waals surface area contributed by atoms with Crippen molar-refractivity contribution in [3.8, 4) is 0 Å². The summed E-state index contributed by atoms with van der Waals surface area (Å²) in [5, 5.41) is 11.8. The summed E-state index contributed by atoms with van der Waals surface area (Å²) in [4.78, 5) is 10.5. The molecule has 70 valence electrons. The fourth-order valence-electron chi connectivity index (χ4n) is 1.27. The third-order valence-corrected chi connectivity index (χ3v) is 2.04. The molecule has 0 spiro atoms. The number of hydrogen-bond acceptors (Lipinski definition) is 3. The summed E-state index contributed by atoms with van der Waals surface area (Å²) < 4.78 is 5.37. The third-order valence-electron chi connectivity index (χ3n) is 2.04. The maximum Gasteiger partial charge on any atom is 0.306 e. The van der Waals surface area contributed by atoms with E-state index in [4.69, 9.17) is 9.84 Å². The van der Waals surface area contributed by atoms with Crippen molar-refractivity contribution in [3.05, 3.63) is 0 Å². The van der Waals surface area contributed by atoms with Crippen LogP contribution >= 0.6 is 0 Å². The van der Waals surface area contributed by atoms with Gasteiger partial charge in [-0.15, -0.1) is 0 Å². The molecule has 2 atom stereocenters. The number of carboxylic acid groups (broad SMARTS) is 1. The predicted molar refractivity (Wildman–Crippen MR) is 44.0 cm³/mol. The molecular formula is C8H15NO3. The summed E-state index contributed by atoms with van der Waals surface area (Å²) in [5.41, 5.74) is 0. The molecule has 12 heavy (non-hydrogen) atoms. The van der Waals surface area contributed by atoms with Crippen LogP contribution in [-0.2, 0) is 9.53 Å². The average molecular weight is 173 g/mol. The second-order valence-corrected chi connectivity index (χ2v) is 3.17. The van der Waals surface area contributed by atoms with Gasteiger partial charge < -0.3 is 15.2 Å². The number of nitrogens with one attached hydrogen (secondary N) is 1. The van der Waals surface area contributed by atoms with Crippen molar-refractivity contribution in [2.24, 2.45) is 5.92 Å².